The van der Waals surface area contributed by atoms with Crippen LogP contribution in [0, 0.1) is 26.3 Å². The van der Waals surface area contributed by atoms with Gasteiger partial charge in [-0.25, -0.2) is 4.99 Å². The van der Waals surface area contributed by atoms with Crippen molar-refractivity contribution in [3.63, 3.8) is 0 Å². The average molecular weight is 628 g/mol. The van der Waals surface area contributed by atoms with Gasteiger partial charge in [0.05, 0.1) is 5.71 Å². The molecule has 3 aromatic carbocycles. The maximum atomic E-state index is 10.2. The lowest BCUT2D eigenvalue weighted by atomic mass is 10.1. The van der Waals surface area contributed by atoms with Gasteiger partial charge in [-0.3, -0.25) is 4.79 Å². The number of ketones is 1. The van der Waals surface area contributed by atoms with E-state index in [9.17, 15) is 4.79 Å². The van der Waals surface area contributed by atoms with Crippen molar-refractivity contribution in [2.24, 2.45) is 15.2 Å². The van der Waals surface area contributed by atoms with E-state index in [0.717, 1.165) is 28.4 Å². The lowest BCUT2D eigenvalue weighted by Gasteiger charge is -2.07. The summed E-state index contributed by atoms with van der Waals surface area (Å²) in [6.07, 6.45) is 8.85. The summed E-state index contributed by atoms with van der Waals surface area (Å²) in [4.78, 5) is 15.4. The summed E-state index contributed by atoms with van der Waals surface area (Å²) >= 11 is 1.86. The lowest BCUT2D eigenvalue weighted by molar-refractivity contribution is -0.118. The first kappa shape index (κ1) is 43.4. The normalized spacial score (nSPS) is 9.96. The molecule has 4 nitrogen and oxygen atoms in total. The molecule has 0 radical (unpaired) electrons. The molecule has 244 valence electrons. The van der Waals surface area contributed by atoms with Crippen LogP contribution in [0.5, 0.6) is 0 Å². The van der Waals surface area contributed by atoms with Crippen molar-refractivity contribution in [3.8, 4) is 12.5 Å². The van der Waals surface area contributed by atoms with Gasteiger partial charge in [-0.15, -0.1) is 22.0 Å². The molecule has 0 aliphatic carbocycles. The standard InChI is InChI=1S/C13H18S.C11H11N.C7H6N2.C5H10O.2C2H6/c1-4-5-12-6-8-13(9-7-12)14-10-11(2)3;1-4-12-10(3)11-7-5-9(2)6-8-11;1-5-3-2-4-6-7(5)9-8-6;1-3-5(6)4-2;2*1-2/h6-9H,2,4-5,10H2,1,3H3;1,5-8H,2-3H3;2-4H,1H3;3-4H2,1-2H3;2*1-2H3. The second kappa shape index (κ2) is 27.8. The largest absolute Gasteiger partial charge is 0.300 e. The van der Waals surface area contributed by atoms with Crippen molar-refractivity contribution in [2.45, 2.75) is 107 Å². The van der Waals surface area contributed by atoms with E-state index in [0.29, 0.717) is 18.6 Å². The van der Waals surface area contributed by atoms with Gasteiger partial charge in [-0.1, -0.05) is 128 Å². The van der Waals surface area contributed by atoms with Crippen LogP contribution in [-0.2, 0) is 11.2 Å². The van der Waals surface area contributed by atoms with E-state index in [4.69, 9.17) is 6.42 Å². The van der Waals surface area contributed by atoms with Crippen LogP contribution < -0.4 is 0 Å². The number of carbonyl (C=O) groups excluding carboxylic acids is 1. The summed E-state index contributed by atoms with van der Waals surface area (Å²) in [6, 6.07) is 25.3. The number of azo groups is 1. The van der Waals surface area contributed by atoms with E-state index < -0.39 is 0 Å². The van der Waals surface area contributed by atoms with Gasteiger partial charge >= 0.3 is 0 Å². The summed E-state index contributed by atoms with van der Waals surface area (Å²) in [6.45, 7) is 25.9. The van der Waals surface area contributed by atoms with Gasteiger partial charge in [-0.2, -0.15) is 0 Å². The van der Waals surface area contributed by atoms with Crippen LogP contribution in [-0.4, -0.2) is 17.2 Å². The number of fused-ring (bicyclic) bond motifs is 1. The third kappa shape index (κ3) is 20.0. The third-order valence-electron chi connectivity index (χ3n) is 5.91. The summed E-state index contributed by atoms with van der Waals surface area (Å²) in [5.41, 5.74) is 9.16. The van der Waals surface area contributed by atoms with E-state index in [2.05, 4.69) is 72.9 Å². The van der Waals surface area contributed by atoms with Gasteiger partial charge < -0.3 is 0 Å². The molecule has 4 rings (SSSR count). The maximum Gasteiger partial charge on any atom is 0.132 e. The van der Waals surface area contributed by atoms with Crippen LogP contribution >= 0.6 is 11.8 Å². The van der Waals surface area contributed by atoms with Crippen molar-refractivity contribution in [1.29, 1.82) is 0 Å². The molecule has 0 spiro atoms. The Bertz CT molecular complexity index is 1330. The minimum Gasteiger partial charge on any atom is -0.300 e. The Hall–Kier alpha value is -3.75. The minimum atomic E-state index is 0.343. The van der Waals surface area contributed by atoms with Crippen LogP contribution in [0.2, 0.25) is 0 Å². The average Bonchev–Trinajstić information content (AvgIpc) is 3.04. The van der Waals surface area contributed by atoms with Gasteiger partial charge in [0.15, 0.2) is 0 Å². The monoisotopic (exact) mass is 627 g/mol. The SMILES string of the molecule is C#CN=C(C)c1ccc(C)cc1.C=C(C)CSc1ccc(CCC)cc1.CC.CC.CCC(=O)CC.Cc1cccc2c1N=N2. The first-order valence-electron chi connectivity index (χ1n) is 16.1. The Morgan fingerprint density at radius 3 is 1.82 bits per heavy atom. The Labute approximate surface area is 280 Å². The van der Waals surface area contributed by atoms with Crippen LogP contribution in [0.1, 0.15) is 104 Å². The maximum absolute atomic E-state index is 10.2. The molecule has 1 aliphatic rings. The van der Waals surface area contributed by atoms with Crippen LogP contribution in [0.25, 0.3) is 0 Å². The highest BCUT2D eigenvalue weighted by atomic mass is 32.2. The number of hydrogen-bond acceptors (Lipinski definition) is 5. The molecular formula is C40H57N3OS. The van der Waals surface area contributed by atoms with Gasteiger partial charge in [0, 0.05) is 29.5 Å². The van der Waals surface area contributed by atoms with E-state index in [1.165, 1.54) is 40.0 Å². The van der Waals surface area contributed by atoms with Crippen molar-refractivity contribution in [2.75, 3.05) is 5.75 Å². The number of carbonyl (C=O) groups is 1. The summed E-state index contributed by atoms with van der Waals surface area (Å²) in [7, 11) is 0. The molecule has 0 fully saturated rings. The quantitative estimate of drug-likeness (QED) is 0.0844. The van der Waals surface area contributed by atoms with Gasteiger partial charge in [0.1, 0.15) is 17.2 Å². The van der Waals surface area contributed by atoms with Crippen molar-refractivity contribution >= 4 is 34.6 Å². The molecule has 1 aliphatic heterocycles. The fourth-order valence-corrected chi connectivity index (χ4v) is 4.11. The lowest BCUT2D eigenvalue weighted by Crippen LogP contribution is -1.92. The fourth-order valence-electron chi connectivity index (χ4n) is 3.37. The molecule has 0 saturated carbocycles. The Balaban J connectivity index is 0. The number of aliphatic imine (C=N–C) groups is 1. The molecule has 0 unspecified atom stereocenters. The summed E-state index contributed by atoms with van der Waals surface area (Å²) in [5, 5.41) is 7.68. The zero-order valence-corrected chi connectivity index (χ0v) is 30.6. The molecule has 0 aromatic heterocycles. The van der Waals surface area contributed by atoms with Crippen LogP contribution in [0.3, 0.4) is 0 Å². The number of benzene rings is 3. The van der Waals surface area contributed by atoms with E-state index >= 15 is 0 Å². The molecule has 0 atom stereocenters. The number of thioether (sulfide) groups is 1. The number of hydrogen-bond donors (Lipinski definition) is 0. The van der Waals surface area contributed by atoms with Crippen molar-refractivity contribution in [1.82, 2.24) is 0 Å². The first-order chi connectivity index (χ1) is 21.6. The fraction of sp³-hybridized carbons (Fsp3) is 0.400. The topological polar surface area (TPSA) is 54.1 Å². The Morgan fingerprint density at radius 1 is 0.867 bits per heavy atom. The van der Waals surface area contributed by atoms with Gasteiger partial charge in [0.2, 0.25) is 0 Å². The molecule has 45 heavy (non-hydrogen) atoms. The van der Waals surface area contributed by atoms with E-state index in [-0.39, 0.29) is 0 Å². The highest BCUT2D eigenvalue weighted by Crippen LogP contribution is 2.39. The second-order valence-electron chi connectivity index (χ2n) is 9.72. The Morgan fingerprint density at radius 2 is 1.44 bits per heavy atom. The van der Waals surface area contributed by atoms with Gasteiger partial charge in [0.25, 0.3) is 0 Å². The molecule has 0 bridgehead atoms. The molecule has 0 amide bonds. The predicted molar refractivity (Wildman–Crippen MR) is 202 cm³/mol. The molecule has 3 aromatic rings. The van der Waals surface area contributed by atoms with E-state index in [1.807, 2.05) is 110 Å². The number of rotatable bonds is 8. The van der Waals surface area contributed by atoms with Crippen LogP contribution in [0.4, 0.5) is 11.4 Å². The van der Waals surface area contributed by atoms with E-state index in [1.54, 1.807) is 0 Å². The van der Waals surface area contributed by atoms with Crippen molar-refractivity contribution < 1.29 is 4.79 Å². The number of terminal acetylenes is 1. The summed E-state index contributed by atoms with van der Waals surface area (Å²) < 4.78 is 0. The second-order valence-corrected chi connectivity index (χ2v) is 10.8. The minimum absolute atomic E-state index is 0.343. The summed E-state index contributed by atoms with van der Waals surface area (Å²) in [5.74, 6) is 1.36. The molecule has 0 saturated heterocycles. The number of aryl methyl sites for hydroxylation is 3. The van der Waals surface area contributed by atoms with Crippen LogP contribution in [0.15, 0.2) is 99.0 Å². The third-order valence-corrected chi connectivity index (χ3v) is 7.15. The van der Waals surface area contributed by atoms with Gasteiger partial charge in [-0.05, 0) is 69.0 Å². The molecule has 1 heterocycles. The zero-order chi connectivity index (χ0) is 34.6. The highest BCUT2D eigenvalue weighted by Gasteiger charge is 2.09. The smallest absolute Gasteiger partial charge is 0.132 e. The predicted octanol–water partition coefficient (Wildman–Crippen LogP) is 12.9. The zero-order valence-electron chi connectivity index (χ0n) is 29.8. The Kier molecular flexibility index (Phi) is 26.8. The first-order valence-corrected chi connectivity index (χ1v) is 17.1. The number of Topliss-reactive ketones (excluding diaryl/α,β-unsaturated/α-hetero) is 1. The molecular weight excluding hydrogens is 571 g/mol. The molecule has 0 N–H and O–H groups in total. The van der Waals surface area contributed by atoms with Crippen molar-refractivity contribution in [3.05, 3.63) is 101 Å². The highest BCUT2D eigenvalue weighted by molar-refractivity contribution is 7.99. The molecule has 5 heteroatoms. The number of nitrogens with zero attached hydrogens (tertiary/aromatic N) is 3.